The molecule has 0 heterocycles. The zero-order valence-corrected chi connectivity index (χ0v) is 25.7. The van der Waals surface area contributed by atoms with Crippen LogP contribution in [0.1, 0.15) is 58.1 Å². The molecular weight excluding hydrogens is 528 g/mol. The summed E-state index contributed by atoms with van der Waals surface area (Å²) in [5, 5.41) is 14.7. The predicted molar refractivity (Wildman–Crippen MR) is 162 cm³/mol. The van der Waals surface area contributed by atoms with E-state index in [-0.39, 0.29) is 23.7 Å². The molecule has 0 unspecified atom stereocenters. The number of benzene rings is 2. The average Bonchev–Trinajstić information content (AvgIpc) is 2.92. The van der Waals surface area contributed by atoms with E-state index in [2.05, 4.69) is 25.2 Å². The van der Waals surface area contributed by atoms with Gasteiger partial charge in [0.05, 0.1) is 19.8 Å². The van der Waals surface area contributed by atoms with Crippen molar-refractivity contribution in [3.05, 3.63) is 58.6 Å². The SMILES string of the molecule is COCCCOc1cc(C[C@@H](C[C@H](N)[C@@H](O)C[C@H](C(=O)NCc2ccccc2Cl)C(C)C)C(C)C)ccc1OC. The number of aliphatic hydroxyl groups is 1. The summed E-state index contributed by atoms with van der Waals surface area (Å²) in [5.41, 5.74) is 8.54. The van der Waals surface area contributed by atoms with Crippen molar-refractivity contribution in [1.82, 2.24) is 5.32 Å². The Kier molecular flexibility index (Phi) is 14.8. The maximum Gasteiger partial charge on any atom is 0.223 e. The topological polar surface area (TPSA) is 103 Å². The minimum atomic E-state index is -0.796. The number of halogens is 1. The molecule has 0 radical (unpaired) electrons. The lowest BCUT2D eigenvalue weighted by Crippen LogP contribution is -2.42. The van der Waals surface area contributed by atoms with Crippen molar-refractivity contribution in [2.75, 3.05) is 27.4 Å². The molecule has 4 atom stereocenters. The molecule has 8 heteroatoms. The van der Waals surface area contributed by atoms with Gasteiger partial charge in [-0.15, -0.1) is 0 Å². The van der Waals surface area contributed by atoms with Crippen LogP contribution < -0.4 is 20.5 Å². The summed E-state index contributed by atoms with van der Waals surface area (Å²) in [5.74, 6) is 1.60. The molecule has 0 spiro atoms. The summed E-state index contributed by atoms with van der Waals surface area (Å²) in [6.45, 7) is 9.86. The fourth-order valence-corrected chi connectivity index (χ4v) is 5.02. The number of hydrogen-bond acceptors (Lipinski definition) is 6. The number of carbonyl (C=O) groups excluding carboxylic acids is 1. The van der Waals surface area contributed by atoms with Crippen LogP contribution in [0.5, 0.6) is 11.5 Å². The maximum atomic E-state index is 13.1. The van der Waals surface area contributed by atoms with Gasteiger partial charge in [0.15, 0.2) is 11.5 Å². The summed E-state index contributed by atoms with van der Waals surface area (Å²) in [6, 6.07) is 13.0. The summed E-state index contributed by atoms with van der Waals surface area (Å²) in [7, 11) is 3.31. The van der Waals surface area contributed by atoms with Crippen LogP contribution >= 0.6 is 11.6 Å². The van der Waals surface area contributed by atoms with Gasteiger partial charge >= 0.3 is 0 Å². The second-order valence-electron chi connectivity index (χ2n) is 11.3. The van der Waals surface area contributed by atoms with Crippen molar-refractivity contribution in [3.8, 4) is 11.5 Å². The number of amides is 1. The first-order valence-electron chi connectivity index (χ1n) is 14.3. The number of nitrogens with two attached hydrogens (primary N) is 1. The second-order valence-corrected chi connectivity index (χ2v) is 11.7. The molecule has 0 aliphatic heterocycles. The van der Waals surface area contributed by atoms with Crippen LogP contribution in [0.4, 0.5) is 0 Å². The largest absolute Gasteiger partial charge is 0.493 e. The van der Waals surface area contributed by atoms with E-state index in [0.29, 0.717) is 55.0 Å². The average molecular weight is 577 g/mol. The zero-order valence-electron chi connectivity index (χ0n) is 25.0. The lowest BCUT2D eigenvalue weighted by atomic mass is 9.81. The van der Waals surface area contributed by atoms with Crippen LogP contribution in [0.25, 0.3) is 0 Å². The summed E-state index contributed by atoms with van der Waals surface area (Å²) >= 11 is 6.24. The number of hydrogen-bond donors (Lipinski definition) is 3. The van der Waals surface area contributed by atoms with Gasteiger partial charge in [0.2, 0.25) is 5.91 Å². The Morgan fingerprint density at radius 3 is 2.35 bits per heavy atom. The molecule has 2 aromatic carbocycles. The molecule has 0 bridgehead atoms. The lowest BCUT2D eigenvalue weighted by Gasteiger charge is -2.30. The third-order valence-electron chi connectivity index (χ3n) is 7.54. The molecule has 0 aliphatic carbocycles. The fraction of sp³-hybridized carbons (Fsp3) is 0.594. The minimum Gasteiger partial charge on any atom is -0.493 e. The molecule has 7 nitrogen and oxygen atoms in total. The minimum absolute atomic E-state index is 0.0515. The zero-order chi connectivity index (χ0) is 29.7. The summed E-state index contributed by atoms with van der Waals surface area (Å²) in [6.07, 6.45) is 1.74. The molecule has 2 rings (SSSR count). The Bertz CT molecular complexity index is 1030. The van der Waals surface area contributed by atoms with Crippen LogP contribution in [0.3, 0.4) is 0 Å². The first-order valence-corrected chi connectivity index (χ1v) is 14.7. The third-order valence-corrected chi connectivity index (χ3v) is 7.90. The first kappa shape index (κ1) is 33.9. The smallest absolute Gasteiger partial charge is 0.223 e. The summed E-state index contributed by atoms with van der Waals surface area (Å²) < 4.78 is 16.6. The van der Waals surface area contributed by atoms with Crippen LogP contribution in [0.2, 0.25) is 5.02 Å². The fourth-order valence-electron chi connectivity index (χ4n) is 4.82. The van der Waals surface area contributed by atoms with E-state index in [1.54, 1.807) is 20.3 Å². The highest BCUT2D eigenvalue weighted by Crippen LogP contribution is 2.32. The second kappa shape index (κ2) is 17.5. The normalized spacial score (nSPS) is 14.6. The van der Waals surface area contributed by atoms with Crippen LogP contribution in [-0.2, 0) is 22.5 Å². The molecule has 4 N–H and O–H groups in total. The van der Waals surface area contributed by atoms with Gasteiger partial charge in [-0.1, -0.05) is 63.6 Å². The quantitative estimate of drug-likeness (QED) is 0.199. The third kappa shape index (κ3) is 10.9. The van der Waals surface area contributed by atoms with E-state index >= 15 is 0 Å². The van der Waals surface area contributed by atoms with Gasteiger partial charge in [-0.2, -0.15) is 0 Å². The maximum absolute atomic E-state index is 13.1. The van der Waals surface area contributed by atoms with Crippen molar-refractivity contribution >= 4 is 17.5 Å². The molecule has 0 aliphatic rings. The standard InChI is InChI=1S/C32H49ClN2O5/c1-21(2)25(16-23-12-13-30(39-6)31(17-23)40-15-9-14-38-5)18-28(34)29(36)19-26(22(3)4)32(37)35-20-24-10-7-8-11-27(24)33/h7-8,10-13,17,21-22,25-26,28-29,36H,9,14-16,18-20,34H2,1-6H3,(H,35,37)/t25-,26-,28-,29-/m0/s1. The van der Waals surface area contributed by atoms with Crippen molar-refractivity contribution in [1.29, 1.82) is 0 Å². The van der Waals surface area contributed by atoms with Crippen LogP contribution in [0.15, 0.2) is 42.5 Å². The number of ether oxygens (including phenoxy) is 3. The molecular formula is C32H49ClN2O5. The van der Waals surface area contributed by atoms with Gasteiger partial charge in [-0.25, -0.2) is 0 Å². The van der Waals surface area contributed by atoms with Crippen molar-refractivity contribution in [2.24, 2.45) is 29.4 Å². The van der Waals surface area contributed by atoms with Crippen molar-refractivity contribution < 1.29 is 24.1 Å². The number of carbonyl (C=O) groups is 1. The highest BCUT2D eigenvalue weighted by atomic mass is 35.5. The van der Waals surface area contributed by atoms with Gasteiger partial charge in [-0.05, 0) is 66.3 Å². The van der Waals surface area contributed by atoms with E-state index in [1.807, 2.05) is 44.2 Å². The monoisotopic (exact) mass is 576 g/mol. The number of nitrogens with one attached hydrogen (secondary N) is 1. The van der Waals surface area contributed by atoms with Crippen LogP contribution in [0, 0.1) is 23.7 Å². The molecule has 1 amide bonds. The van der Waals surface area contributed by atoms with E-state index in [0.717, 1.165) is 24.0 Å². The molecule has 2 aromatic rings. The first-order chi connectivity index (χ1) is 19.1. The Labute approximate surface area is 245 Å². The Morgan fingerprint density at radius 2 is 1.73 bits per heavy atom. The van der Waals surface area contributed by atoms with E-state index < -0.39 is 12.1 Å². The van der Waals surface area contributed by atoms with E-state index in [1.165, 1.54) is 0 Å². The van der Waals surface area contributed by atoms with Gasteiger partial charge in [0.25, 0.3) is 0 Å². The Morgan fingerprint density at radius 1 is 1.00 bits per heavy atom. The number of aliphatic hydroxyl groups excluding tert-OH is 1. The van der Waals surface area contributed by atoms with Gasteiger partial charge < -0.3 is 30.4 Å². The lowest BCUT2D eigenvalue weighted by molar-refractivity contribution is -0.127. The number of rotatable bonds is 18. The molecule has 0 aromatic heterocycles. The Balaban J connectivity index is 2.01. The molecule has 0 saturated carbocycles. The molecule has 0 fully saturated rings. The van der Waals surface area contributed by atoms with E-state index in [4.69, 9.17) is 31.5 Å². The van der Waals surface area contributed by atoms with Gasteiger partial charge in [0, 0.05) is 43.7 Å². The number of methoxy groups -OCH3 is 2. The van der Waals surface area contributed by atoms with Crippen LogP contribution in [-0.4, -0.2) is 50.6 Å². The van der Waals surface area contributed by atoms with Gasteiger partial charge in [-0.3, -0.25) is 4.79 Å². The molecule has 40 heavy (non-hydrogen) atoms. The molecule has 0 saturated heterocycles. The van der Waals surface area contributed by atoms with Crippen molar-refractivity contribution in [3.63, 3.8) is 0 Å². The Hall–Kier alpha value is -2.32. The highest BCUT2D eigenvalue weighted by Gasteiger charge is 2.30. The van der Waals surface area contributed by atoms with Gasteiger partial charge in [0.1, 0.15) is 0 Å². The summed E-state index contributed by atoms with van der Waals surface area (Å²) in [4.78, 5) is 13.1. The van der Waals surface area contributed by atoms with Crippen molar-refractivity contribution in [2.45, 2.75) is 72.1 Å². The molecule has 224 valence electrons. The predicted octanol–water partition coefficient (Wildman–Crippen LogP) is 5.64. The van der Waals surface area contributed by atoms with E-state index in [9.17, 15) is 9.90 Å². The highest BCUT2D eigenvalue weighted by molar-refractivity contribution is 6.31.